The van der Waals surface area contributed by atoms with E-state index < -0.39 is 11.4 Å². The number of carbonyl (C=O) groups excluding carboxylic acids is 1. The minimum absolute atomic E-state index is 0.0323. The SMILES string of the molecule is CC(C)CC(=O)C(C)(C)CC(=O)O. The Hall–Kier alpha value is -0.860. The highest BCUT2D eigenvalue weighted by Crippen LogP contribution is 2.24. The second-order valence-electron chi connectivity index (χ2n) is 4.48. The van der Waals surface area contributed by atoms with Crippen LogP contribution in [-0.4, -0.2) is 16.9 Å². The summed E-state index contributed by atoms with van der Waals surface area (Å²) in [6.45, 7) is 7.28. The van der Waals surface area contributed by atoms with Crippen LogP contribution in [0.3, 0.4) is 0 Å². The number of hydrogen-bond acceptors (Lipinski definition) is 2. The average Bonchev–Trinajstić information content (AvgIpc) is 1.81. The molecule has 0 amide bonds. The molecule has 0 aromatic carbocycles. The van der Waals surface area contributed by atoms with Crippen LogP contribution in [0, 0.1) is 11.3 Å². The Labute approximate surface area is 79.1 Å². The highest BCUT2D eigenvalue weighted by Gasteiger charge is 2.30. The van der Waals surface area contributed by atoms with Gasteiger partial charge in [-0.3, -0.25) is 9.59 Å². The summed E-state index contributed by atoms with van der Waals surface area (Å²) in [6, 6.07) is 0. The Morgan fingerprint density at radius 1 is 1.31 bits per heavy atom. The second-order valence-corrected chi connectivity index (χ2v) is 4.48. The monoisotopic (exact) mass is 186 g/mol. The van der Waals surface area contributed by atoms with E-state index in [0.29, 0.717) is 12.3 Å². The van der Waals surface area contributed by atoms with Crippen molar-refractivity contribution in [3.05, 3.63) is 0 Å². The first kappa shape index (κ1) is 12.1. The van der Waals surface area contributed by atoms with E-state index in [4.69, 9.17) is 5.11 Å². The summed E-state index contributed by atoms with van der Waals surface area (Å²) in [6.07, 6.45) is 0.374. The lowest BCUT2D eigenvalue weighted by atomic mass is 9.81. The molecule has 0 rings (SSSR count). The summed E-state index contributed by atoms with van der Waals surface area (Å²) in [5.41, 5.74) is -0.726. The molecule has 0 unspecified atom stereocenters. The first-order valence-corrected chi connectivity index (χ1v) is 4.51. The highest BCUT2D eigenvalue weighted by atomic mass is 16.4. The smallest absolute Gasteiger partial charge is 0.304 e. The lowest BCUT2D eigenvalue weighted by Gasteiger charge is -2.21. The molecule has 0 fully saturated rings. The van der Waals surface area contributed by atoms with Crippen molar-refractivity contribution in [1.29, 1.82) is 0 Å². The van der Waals surface area contributed by atoms with E-state index in [-0.39, 0.29) is 12.2 Å². The van der Waals surface area contributed by atoms with Gasteiger partial charge in [-0.05, 0) is 5.92 Å². The third kappa shape index (κ3) is 4.65. The zero-order valence-electron chi connectivity index (χ0n) is 8.76. The number of rotatable bonds is 5. The molecule has 0 saturated heterocycles. The van der Waals surface area contributed by atoms with Crippen LogP contribution < -0.4 is 0 Å². The Morgan fingerprint density at radius 2 is 1.77 bits per heavy atom. The molecule has 0 atom stereocenters. The van der Waals surface area contributed by atoms with Crippen LogP contribution in [-0.2, 0) is 9.59 Å². The van der Waals surface area contributed by atoms with E-state index in [1.807, 2.05) is 13.8 Å². The van der Waals surface area contributed by atoms with E-state index in [2.05, 4.69) is 0 Å². The maximum Gasteiger partial charge on any atom is 0.304 e. The zero-order valence-corrected chi connectivity index (χ0v) is 8.76. The van der Waals surface area contributed by atoms with Crippen LogP contribution in [0.15, 0.2) is 0 Å². The van der Waals surface area contributed by atoms with Crippen molar-refractivity contribution < 1.29 is 14.7 Å². The summed E-state index contributed by atoms with van der Waals surface area (Å²) >= 11 is 0. The number of Topliss-reactive ketones (excluding diaryl/α,β-unsaturated/α-hetero) is 1. The number of hydrogen-bond donors (Lipinski definition) is 1. The number of carboxylic acids is 1. The quantitative estimate of drug-likeness (QED) is 0.715. The molecule has 76 valence electrons. The lowest BCUT2D eigenvalue weighted by Crippen LogP contribution is -2.28. The van der Waals surface area contributed by atoms with Gasteiger partial charge in [0.2, 0.25) is 0 Å². The van der Waals surface area contributed by atoms with Gasteiger partial charge in [0.05, 0.1) is 6.42 Å². The van der Waals surface area contributed by atoms with Gasteiger partial charge in [-0.1, -0.05) is 27.7 Å². The third-order valence-electron chi connectivity index (χ3n) is 1.94. The lowest BCUT2D eigenvalue weighted by molar-refractivity contribution is -0.143. The molecule has 3 nitrogen and oxygen atoms in total. The highest BCUT2D eigenvalue weighted by molar-refractivity contribution is 5.87. The maximum absolute atomic E-state index is 11.5. The zero-order chi connectivity index (χ0) is 10.6. The fraction of sp³-hybridized carbons (Fsp3) is 0.800. The molecular weight excluding hydrogens is 168 g/mol. The van der Waals surface area contributed by atoms with Gasteiger partial charge in [0, 0.05) is 11.8 Å². The second kappa shape index (κ2) is 4.40. The van der Waals surface area contributed by atoms with Gasteiger partial charge in [-0.2, -0.15) is 0 Å². The molecule has 13 heavy (non-hydrogen) atoms. The molecule has 0 aliphatic carbocycles. The minimum Gasteiger partial charge on any atom is -0.481 e. The van der Waals surface area contributed by atoms with Crippen molar-refractivity contribution in [3.8, 4) is 0 Å². The number of aliphatic carboxylic acids is 1. The fourth-order valence-electron chi connectivity index (χ4n) is 1.12. The molecular formula is C10H18O3. The Morgan fingerprint density at radius 3 is 2.08 bits per heavy atom. The van der Waals surface area contributed by atoms with Crippen LogP contribution in [0.2, 0.25) is 0 Å². The Bertz CT molecular complexity index is 204. The van der Waals surface area contributed by atoms with Crippen molar-refractivity contribution in [3.63, 3.8) is 0 Å². The summed E-state index contributed by atoms with van der Waals surface area (Å²) in [5.74, 6) is -0.590. The third-order valence-corrected chi connectivity index (χ3v) is 1.94. The van der Waals surface area contributed by atoms with Crippen molar-refractivity contribution >= 4 is 11.8 Å². The van der Waals surface area contributed by atoms with Gasteiger partial charge in [0.25, 0.3) is 0 Å². The molecule has 0 bridgehead atoms. The molecule has 0 radical (unpaired) electrons. The Balaban J connectivity index is 4.27. The fourth-order valence-corrected chi connectivity index (χ4v) is 1.12. The molecule has 0 aliphatic heterocycles. The number of ketones is 1. The summed E-state index contributed by atoms with van der Waals surface area (Å²) in [4.78, 5) is 22.0. The van der Waals surface area contributed by atoms with E-state index in [1.165, 1.54) is 0 Å². The summed E-state index contributed by atoms with van der Waals surface area (Å²) < 4.78 is 0. The summed E-state index contributed by atoms with van der Waals surface area (Å²) in [7, 11) is 0. The number of carbonyl (C=O) groups is 2. The topological polar surface area (TPSA) is 54.4 Å². The maximum atomic E-state index is 11.5. The van der Waals surface area contributed by atoms with Crippen molar-refractivity contribution in [1.82, 2.24) is 0 Å². The predicted molar refractivity (Wildman–Crippen MR) is 50.5 cm³/mol. The van der Waals surface area contributed by atoms with Gasteiger partial charge in [0.1, 0.15) is 5.78 Å². The van der Waals surface area contributed by atoms with Crippen molar-refractivity contribution in [2.24, 2.45) is 11.3 Å². The summed E-state index contributed by atoms with van der Waals surface area (Å²) in [5, 5.41) is 8.58. The van der Waals surface area contributed by atoms with Gasteiger partial charge >= 0.3 is 5.97 Å². The minimum atomic E-state index is -0.915. The molecule has 0 spiro atoms. The Kier molecular flexibility index (Phi) is 4.11. The molecule has 0 aromatic rings. The van der Waals surface area contributed by atoms with E-state index in [0.717, 1.165) is 0 Å². The number of carboxylic acid groups (broad SMARTS) is 1. The van der Waals surface area contributed by atoms with Crippen molar-refractivity contribution in [2.45, 2.75) is 40.5 Å². The van der Waals surface area contributed by atoms with Crippen LogP contribution >= 0.6 is 0 Å². The van der Waals surface area contributed by atoms with Gasteiger partial charge in [0.15, 0.2) is 0 Å². The molecule has 0 aliphatic rings. The van der Waals surface area contributed by atoms with Gasteiger partial charge in [-0.15, -0.1) is 0 Å². The van der Waals surface area contributed by atoms with Gasteiger partial charge < -0.3 is 5.11 Å². The molecule has 1 N–H and O–H groups in total. The van der Waals surface area contributed by atoms with Crippen LogP contribution in [0.4, 0.5) is 0 Å². The largest absolute Gasteiger partial charge is 0.481 e. The average molecular weight is 186 g/mol. The predicted octanol–water partition coefficient (Wildman–Crippen LogP) is 2.10. The molecule has 0 saturated carbocycles. The molecule has 0 aromatic heterocycles. The van der Waals surface area contributed by atoms with E-state index in [9.17, 15) is 9.59 Å². The van der Waals surface area contributed by atoms with Crippen LogP contribution in [0.5, 0.6) is 0 Å². The normalized spacial score (nSPS) is 11.8. The van der Waals surface area contributed by atoms with Gasteiger partial charge in [-0.25, -0.2) is 0 Å². The first-order chi connectivity index (χ1) is 5.75. The van der Waals surface area contributed by atoms with E-state index >= 15 is 0 Å². The molecule has 3 heteroatoms. The van der Waals surface area contributed by atoms with Crippen LogP contribution in [0.25, 0.3) is 0 Å². The first-order valence-electron chi connectivity index (χ1n) is 4.51. The van der Waals surface area contributed by atoms with E-state index in [1.54, 1.807) is 13.8 Å². The van der Waals surface area contributed by atoms with Crippen LogP contribution in [0.1, 0.15) is 40.5 Å². The molecule has 0 heterocycles. The van der Waals surface area contributed by atoms with Crippen molar-refractivity contribution in [2.75, 3.05) is 0 Å². The standard InChI is InChI=1S/C10H18O3/c1-7(2)5-8(11)10(3,4)6-9(12)13/h7H,5-6H2,1-4H3,(H,12,13).